The molecule has 7 heteroatoms. The number of benzene rings is 1. The van der Waals surface area contributed by atoms with E-state index in [0.717, 1.165) is 36.1 Å². The maximum absolute atomic E-state index is 12.8. The minimum Gasteiger partial charge on any atom is -0.493 e. The number of pyridine rings is 2. The molecule has 7 nitrogen and oxygen atoms in total. The number of nitrogens with one attached hydrogen (secondary N) is 2. The van der Waals surface area contributed by atoms with Crippen LogP contribution in [0.1, 0.15) is 47.0 Å². The van der Waals surface area contributed by atoms with Gasteiger partial charge in [0.05, 0.1) is 18.5 Å². The first kappa shape index (κ1) is 20.5. The summed E-state index contributed by atoms with van der Waals surface area (Å²) in [6.07, 6.45) is 7.67. The van der Waals surface area contributed by atoms with Crippen LogP contribution >= 0.6 is 0 Å². The van der Waals surface area contributed by atoms with Crippen LogP contribution in [0.25, 0.3) is 11.1 Å². The molecule has 0 radical (unpaired) electrons. The first-order valence-electron chi connectivity index (χ1n) is 10.4. The molecule has 0 atom stereocenters. The largest absolute Gasteiger partial charge is 0.493 e. The van der Waals surface area contributed by atoms with Gasteiger partial charge in [-0.3, -0.25) is 19.6 Å². The minimum absolute atomic E-state index is 0.227. The number of ether oxygens (including phenoxy) is 1. The van der Waals surface area contributed by atoms with Crippen LogP contribution in [0.5, 0.6) is 5.75 Å². The molecule has 2 heterocycles. The molecule has 1 fully saturated rings. The van der Waals surface area contributed by atoms with Gasteiger partial charge < -0.3 is 15.4 Å². The number of amides is 2. The van der Waals surface area contributed by atoms with Gasteiger partial charge in [-0.05, 0) is 43.5 Å². The van der Waals surface area contributed by atoms with Crippen molar-refractivity contribution in [1.82, 2.24) is 15.3 Å². The maximum atomic E-state index is 12.8. The number of aromatic nitrogens is 2. The Kier molecular flexibility index (Phi) is 6.21. The Morgan fingerprint density at radius 2 is 1.94 bits per heavy atom. The van der Waals surface area contributed by atoms with Gasteiger partial charge in [-0.2, -0.15) is 0 Å². The van der Waals surface area contributed by atoms with Crippen molar-refractivity contribution in [2.75, 3.05) is 11.9 Å². The average Bonchev–Trinajstić information content (AvgIpc) is 3.62. The quantitative estimate of drug-likeness (QED) is 0.577. The van der Waals surface area contributed by atoms with Gasteiger partial charge in [0.2, 0.25) is 0 Å². The molecule has 2 N–H and O–H groups in total. The highest BCUT2D eigenvalue weighted by Gasteiger charge is 2.24. The summed E-state index contributed by atoms with van der Waals surface area (Å²) >= 11 is 0. The van der Waals surface area contributed by atoms with E-state index in [1.165, 1.54) is 12.3 Å². The lowest BCUT2D eigenvalue weighted by atomic mass is 10.1. The van der Waals surface area contributed by atoms with E-state index in [1.807, 2.05) is 30.3 Å². The standard InChI is InChI=1S/C24H24N4O3/c1-2-11-31-22-6-4-3-5-20(22)17-12-19(15-25-14-17)28-23(29)16-9-10-26-21(13-16)24(30)27-18-7-8-18/h3-6,9-10,12-15,18H,2,7-8,11H2,1H3,(H,27,30)(H,28,29). The smallest absolute Gasteiger partial charge is 0.270 e. The van der Waals surface area contributed by atoms with Crippen molar-refractivity contribution >= 4 is 17.5 Å². The molecule has 3 aromatic rings. The van der Waals surface area contributed by atoms with Gasteiger partial charge in [0.25, 0.3) is 11.8 Å². The molecule has 1 saturated carbocycles. The second-order valence-corrected chi connectivity index (χ2v) is 7.44. The van der Waals surface area contributed by atoms with Crippen LogP contribution < -0.4 is 15.4 Å². The Labute approximate surface area is 180 Å². The van der Waals surface area contributed by atoms with E-state index in [2.05, 4.69) is 27.5 Å². The summed E-state index contributed by atoms with van der Waals surface area (Å²) in [5.41, 5.74) is 2.88. The van der Waals surface area contributed by atoms with E-state index in [1.54, 1.807) is 18.5 Å². The third kappa shape index (κ3) is 5.25. The fraction of sp³-hybridized carbons (Fsp3) is 0.250. The summed E-state index contributed by atoms with van der Waals surface area (Å²) in [6.45, 7) is 2.68. The Bertz CT molecular complexity index is 1100. The normalized spacial score (nSPS) is 12.8. The number of carbonyl (C=O) groups is 2. The Hall–Kier alpha value is -3.74. The molecule has 2 amide bonds. The van der Waals surface area contributed by atoms with Crippen molar-refractivity contribution in [3.05, 3.63) is 72.3 Å². The molecule has 0 unspecified atom stereocenters. The third-order valence-electron chi connectivity index (χ3n) is 4.82. The molecule has 158 valence electrons. The lowest BCUT2D eigenvalue weighted by molar-refractivity contribution is 0.0946. The summed E-state index contributed by atoms with van der Waals surface area (Å²) in [7, 11) is 0. The number of anilines is 1. The first-order chi connectivity index (χ1) is 15.1. The second-order valence-electron chi connectivity index (χ2n) is 7.44. The maximum Gasteiger partial charge on any atom is 0.270 e. The first-order valence-corrected chi connectivity index (χ1v) is 10.4. The van der Waals surface area contributed by atoms with Crippen molar-refractivity contribution in [3.8, 4) is 16.9 Å². The van der Waals surface area contributed by atoms with Crippen LogP contribution in [0.2, 0.25) is 0 Å². The zero-order chi connectivity index (χ0) is 21.6. The summed E-state index contributed by atoms with van der Waals surface area (Å²) in [4.78, 5) is 33.3. The summed E-state index contributed by atoms with van der Waals surface area (Å²) in [6, 6.07) is 12.9. The van der Waals surface area contributed by atoms with Gasteiger partial charge in [-0.1, -0.05) is 25.1 Å². The summed E-state index contributed by atoms with van der Waals surface area (Å²) in [5, 5.41) is 5.72. The van der Waals surface area contributed by atoms with Crippen molar-refractivity contribution in [1.29, 1.82) is 0 Å². The van der Waals surface area contributed by atoms with Gasteiger partial charge in [0.15, 0.2) is 0 Å². The SMILES string of the molecule is CCCOc1ccccc1-c1cncc(NC(=O)c2ccnc(C(=O)NC3CC3)c2)c1. The van der Waals surface area contributed by atoms with E-state index in [0.29, 0.717) is 17.9 Å². The van der Waals surface area contributed by atoms with Crippen LogP contribution in [0.3, 0.4) is 0 Å². The highest BCUT2D eigenvalue weighted by atomic mass is 16.5. The topological polar surface area (TPSA) is 93.2 Å². The third-order valence-corrected chi connectivity index (χ3v) is 4.82. The highest BCUT2D eigenvalue weighted by molar-refractivity contribution is 6.05. The van der Waals surface area contributed by atoms with Gasteiger partial charge >= 0.3 is 0 Å². The van der Waals surface area contributed by atoms with E-state index >= 15 is 0 Å². The van der Waals surface area contributed by atoms with Crippen molar-refractivity contribution < 1.29 is 14.3 Å². The molecule has 0 bridgehead atoms. The molecular weight excluding hydrogens is 392 g/mol. The van der Waals surface area contributed by atoms with E-state index in [4.69, 9.17) is 4.74 Å². The molecule has 31 heavy (non-hydrogen) atoms. The van der Waals surface area contributed by atoms with Gasteiger partial charge in [0.1, 0.15) is 11.4 Å². The van der Waals surface area contributed by atoms with Crippen LogP contribution in [0.4, 0.5) is 5.69 Å². The van der Waals surface area contributed by atoms with Gasteiger partial charge in [0, 0.05) is 35.1 Å². The monoisotopic (exact) mass is 416 g/mol. The van der Waals surface area contributed by atoms with Crippen LogP contribution in [0, 0.1) is 0 Å². The zero-order valence-electron chi connectivity index (χ0n) is 17.3. The van der Waals surface area contributed by atoms with E-state index in [9.17, 15) is 9.59 Å². The molecule has 0 saturated heterocycles. The number of nitrogens with zero attached hydrogens (tertiary/aromatic N) is 2. The Morgan fingerprint density at radius 1 is 1.10 bits per heavy atom. The number of rotatable bonds is 8. The fourth-order valence-electron chi connectivity index (χ4n) is 3.08. The molecule has 4 rings (SSSR count). The number of carbonyl (C=O) groups excluding carboxylic acids is 2. The Balaban J connectivity index is 1.51. The molecule has 0 spiro atoms. The van der Waals surface area contributed by atoms with E-state index < -0.39 is 0 Å². The van der Waals surface area contributed by atoms with Gasteiger partial charge in [-0.25, -0.2) is 0 Å². The van der Waals surface area contributed by atoms with Gasteiger partial charge in [-0.15, -0.1) is 0 Å². The van der Waals surface area contributed by atoms with Crippen LogP contribution in [-0.4, -0.2) is 34.4 Å². The molecule has 1 aliphatic carbocycles. The predicted molar refractivity (Wildman–Crippen MR) is 118 cm³/mol. The number of hydrogen-bond donors (Lipinski definition) is 2. The molecule has 1 aliphatic rings. The molecular formula is C24H24N4O3. The summed E-state index contributed by atoms with van der Waals surface area (Å²) < 4.78 is 5.84. The van der Waals surface area contributed by atoms with Crippen LogP contribution in [-0.2, 0) is 0 Å². The van der Waals surface area contributed by atoms with Crippen molar-refractivity contribution in [2.24, 2.45) is 0 Å². The summed E-state index contributed by atoms with van der Waals surface area (Å²) in [5.74, 6) is 0.178. The zero-order valence-corrected chi connectivity index (χ0v) is 17.3. The average molecular weight is 416 g/mol. The predicted octanol–water partition coefficient (Wildman–Crippen LogP) is 4.08. The Morgan fingerprint density at radius 3 is 2.74 bits per heavy atom. The van der Waals surface area contributed by atoms with E-state index in [-0.39, 0.29) is 23.6 Å². The van der Waals surface area contributed by atoms with Crippen LogP contribution in [0.15, 0.2) is 61.1 Å². The number of para-hydroxylation sites is 1. The molecule has 2 aromatic heterocycles. The molecule has 1 aromatic carbocycles. The van der Waals surface area contributed by atoms with Crippen molar-refractivity contribution in [3.63, 3.8) is 0 Å². The number of hydrogen-bond acceptors (Lipinski definition) is 5. The minimum atomic E-state index is -0.336. The lowest BCUT2D eigenvalue weighted by Crippen LogP contribution is -2.26. The lowest BCUT2D eigenvalue weighted by Gasteiger charge is -2.12. The molecule has 0 aliphatic heterocycles. The fourth-order valence-corrected chi connectivity index (χ4v) is 3.08. The van der Waals surface area contributed by atoms with Crippen molar-refractivity contribution in [2.45, 2.75) is 32.2 Å². The highest BCUT2D eigenvalue weighted by Crippen LogP contribution is 2.31. The second kappa shape index (κ2) is 9.38.